The summed E-state index contributed by atoms with van der Waals surface area (Å²) in [4.78, 5) is 25.5. The molecule has 1 aliphatic heterocycles. The van der Waals surface area contributed by atoms with Crippen molar-refractivity contribution in [3.05, 3.63) is 81.9 Å². The van der Waals surface area contributed by atoms with Crippen LogP contribution in [0.3, 0.4) is 0 Å². The minimum atomic E-state index is -0.0908. The van der Waals surface area contributed by atoms with Crippen molar-refractivity contribution in [2.45, 2.75) is 52.2 Å². The molecule has 0 bridgehead atoms. The Morgan fingerprint density at radius 2 is 1.51 bits per heavy atom. The fraction of sp³-hybridized carbons (Fsp3) is 0.414. The van der Waals surface area contributed by atoms with Gasteiger partial charge in [-0.3, -0.25) is 14.0 Å². The molecule has 0 aliphatic carbocycles. The van der Waals surface area contributed by atoms with Gasteiger partial charge in [0.15, 0.2) is 5.65 Å². The Morgan fingerprint density at radius 3 is 2.16 bits per heavy atom. The normalized spacial score (nSPS) is 13.9. The van der Waals surface area contributed by atoms with Gasteiger partial charge in [0.25, 0.3) is 0 Å². The smallest absolute Gasteiger partial charge is 0.331 e. The van der Waals surface area contributed by atoms with Crippen molar-refractivity contribution in [2.24, 2.45) is 0 Å². The Bertz CT molecular complexity index is 1370. The molecular weight excluding hydrogens is 464 g/mol. The molecule has 0 atom stereocenters. The molecule has 8 heteroatoms. The van der Waals surface area contributed by atoms with Gasteiger partial charge in [0.1, 0.15) is 11.3 Å². The Balaban J connectivity index is 1.44. The second-order valence-corrected chi connectivity index (χ2v) is 9.79. The lowest BCUT2D eigenvalue weighted by molar-refractivity contribution is 0.331. The molecule has 1 saturated heterocycles. The van der Waals surface area contributed by atoms with Gasteiger partial charge in [0.05, 0.1) is 26.4 Å². The predicted molar refractivity (Wildman–Crippen MR) is 147 cm³/mol. The van der Waals surface area contributed by atoms with E-state index in [1.807, 2.05) is 24.3 Å². The molecule has 3 heterocycles. The average molecular weight is 501 g/mol. The van der Waals surface area contributed by atoms with Gasteiger partial charge in [-0.05, 0) is 61.2 Å². The summed E-state index contributed by atoms with van der Waals surface area (Å²) < 4.78 is 8.81. The number of nitrogens with one attached hydrogen (secondary N) is 1. The monoisotopic (exact) mass is 500 g/mol. The number of methoxy groups -OCH3 is 1. The van der Waals surface area contributed by atoms with E-state index in [0.717, 1.165) is 48.3 Å². The van der Waals surface area contributed by atoms with Crippen LogP contribution in [0.25, 0.3) is 11.2 Å². The molecule has 37 heavy (non-hydrogen) atoms. The number of aromatic nitrogens is 4. The maximum atomic E-state index is 13.7. The lowest BCUT2D eigenvalue weighted by Gasteiger charge is -2.14. The van der Waals surface area contributed by atoms with Gasteiger partial charge in [-0.15, -0.1) is 0 Å². The van der Waals surface area contributed by atoms with Crippen LogP contribution in [0, 0.1) is 0 Å². The van der Waals surface area contributed by atoms with E-state index >= 15 is 0 Å². The third-order valence-corrected chi connectivity index (χ3v) is 7.04. The Kier molecular flexibility index (Phi) is 7.84. The topological polar surface area (TPSA) is 77.2 Å². The van der Waals surface area contributed by atoms with Crippen LogP contribution in [-0.2, 0) is 19.6 Å². The number of benzene rings is 2. The maximum absolute atomic E-state index is 13.7. The van der Waals surface area contributed by atoms with E-state index in [2.05, 4.69) is 46.4 Å². The minimum absolute atomic E-state index is 0.0908. The quantitative estimate of drug-likeness (QED) is 0.306. The number of hydrogen-bond donors (Lipinski definition) is 1. The molecule has 1 aliphatic rings. The number of ether oxygens (including phenoxy) is 1. The van der Waals surface area contributed by atoms with Crippen molar-refractivity contribution in [1.29, 1.82) is 0 Å². The molecule has 1 fully saturated rings. The van der Waals surface area contributed by atoms with Crippen LogP contribution < -0.4 is 15.7 Å². The summed E-state index contributed by atoms with van der Waals surface area (Å²) in [6.45, 7) is 7.20. The standard InChI is InChI=1S/C29H36N6O2/c1-3-4-15-30-28-31-18-26-27(32-28)35(21-24-11-13-25(37-2)14-12-24)29(36)34(26)20-23-9-7-22(8-10-23)19-33-16-5-6-17-33/h7-14,18H,3-6,15-17,19-21H2,1-2H3,(H,30,31,32). The Morgan fingerprint density at radius 1 is 0.892 bits per heavy atom. The third kappa shape index (κ3) is 5.85. The zero-order chi connectivity index (χ0) is 25.6. The highest BCUT2D eigenvalue weighted by Crippen LogP contribution is 2.19. The van der Waals surface area contributed by atoms with E-state index in [-0.39, 0.29) is 5.69 Å². The van der Waals surface area contributed by atoms with E-state index in [1.54, 1.807) is 22.4 Å². The predicted octanol–water partition coefficient (Wildman–Crippen LogP) is 4.51. The molecule has 5 rings (SSSR count). The highest BCUT2D eigenvalue weighted by atomic mass is 16.5. The summed E-state index contributed by atoms with van der Waals surface area (Å²) in [6, 6.07) is 16.4. The van der Waals surface area contributed by atoms with Crippen LogP contribution >= 0.6 is 0 Å². The Labute approximate surface area is 217 Å². The van der Waals surface area contributed by atoms with Gasteiger partial charge >= 0.3 is 5.69 Å². The summed E-state index contributed by atoms with van der Waals surface area (Å²) >= 11 is 0. The molecule has 2 aromatic carbocycles. The maximum Gasteiger partial charge on any atom is 0.331 e. The number of unbranched alkanes of at least 4 members (excludes halogenated alkanes) is 1. The van der Waals surface area contributed by atoms with Crippen molar-refractivity contribution in [2.75, 3.05) is 32.1 Å². The van der Waals surface area contributed by atoms with Crippen molar-refractivity contribution in [3.8, 4) is 5.75 Å². The number of hydrogen-bond acceptors (Lipinski definition) is 6. The minimum Gasteiger partial charge on any atom is -0.497 e. The molecule has 1 N–H and O–H groups in total. The molecule has 8 nitrogen and oxygen atoms in total. The molecule has 0 amide bonds. The van der Waals surface area contributed by atoms with Crippen molar-refractivity contribution in [1.82, 2.24) is 24.0 Å². The number of fused-ring (bicyclic) bond motifs is 1. The van der Waals surface area contributed by atoms with Crippen LogP contribution in [0.4, 0.5) is 5.95 Å². The third-order valence-electron chi connectivity index (χ3n) is 7.04. The second kappa shape index (κ2) is 11.6. The number of likely N-dealkylation sites (tertiary alicyclic amines) is 1. The number of imidazole rings is 1. The van der Waals surface area contributed by atoms with E-state index in [0.29, 0.717) is 24.7 Å². The lowest BCUT2D eigenvalue weighted by Crippen LogP contribution is -2.25. The molecule has 0 unspecified atom stereocenters. The van der Waals surface area contributed by atoms with E-state index in [9.17, 15) is 4.79 Å². The first-order chi connectivity index (χ1) is 18.1. The van der Waals surface area contributed by atoms with E-state index < -0.39 is 0 Å². The average Bonchev–Trinajstić information content (AvgIpc) is 3.53. The highest BCUT2D eigenvalue weighted by Gasteiger charge is 2.17. The Hall–Kier alpha value is -3.65. The van der Waals surface area contributed by atoms with Crippen LogP contribution in [0.2, 0.25) is 0 Å². The largest absolute Gasteiger partial charge is 0.497 e. The number of nitrogens with zero attached hydrogens (tertiary/aromatic N) is 5. The van der Waals surface area contributed by atoms with Gasteiger partial charge < -0.3 is 10.1 Å². The molecule has 4 aromatic rings. The molecular formula is C29H36N6O2. The zero-order valence-corrected chi connectivity index (χ0v) is 21.8. The van der Waals surface area contributed by atoms with Crippen molar-refractivity contribution >= 4 is 17.1 Å². The molecule has 2 aromatic heterocycles. The zero-order valence-electron chi connectivity index (χ0n) is 21.8. The van der Waals surface area contributed by atoms with Gasteiger partial charge in [-0.2, -0.15) is 4.98 Å². The summed E-state index contributed by atoms with van der Waals surface area (Å²) in [5, 5.41) is 3.29. The summed E-state index contributed by atoms with van der Waals surface area (Å²) in [5.74, 6) is 1.34. The van der Waals surface area contributed by atoms with E-state index in [1.165, 1.54) is 31.5 Å². The van der Waals surface area contributed by atoms with Crippen LogP contribution in [0.5, 0.6) is 5.75 Å². The molecule has 194 valence electrons. The first-order valence-electron chi connectivity index (χ1n) is 13.3. The van der Waals surface area contributed by atoms with Crippen LogP contribution in [0.15, 0.2) is 59.5 Å². The fourth-order valence-corrected chi connectivity index (χ4v) is 4.90. The first kappa shape index (κ1) is 25.0. The summed E-state index contributed by atoms with van der Waals surface area (Å²) in [7, 11) is 1.65. The van der Waals surface area contributed by atoms with E-state index in [4.69, 9.17) is 9.72 Å². The van der Waals surface area contributed by atoms with Gasteiger partial charge in [-0.1, -0.05) is 49.7 Å². The first-order valence-corrected chi connectivity index (χ1v) is 13.3. The molecule has 0 radical (unpaired) electrons. The van der Waals surface area contributed by atoms with Crippen LogP contribution in [-0.4, -0.2) is 50.7 Å². The SMILES string of the molecule is CCCCNc1ncc2c(n1)n(Cc1ccc(OC)cc1)c(=O)n2Cc1ccc(CN2CCCC2)cc1. The number of rotatable bonds is 11. The van der Waals surface area contributed by atoms with Gasteiger partial charge in [-0.25, -0.2) is 9.78 Å². The highest BCUT2D eigenvalue weighted by molar-refractivity contribution is 5.72. The van der Waals surface area contributed by atoms with Crippen molar-refractivity contribution < 1.29 is 4.74 Å². The van der Waals surface area contributed by atoms with Gasteiger partial charge in [0.2, 0.25) is 5.95 Å². The molecule has 0 saturated carbocycles. The summed E-state index contributed by atoms with van der Waals surface area (Å²) in [6.07, 6.45) is 6.47. The number of anilines is 1. The van der Waals surface area contributed by atoms with Gasteiger partial charge in [0, 0.05) is 13.1 Å². The second-order valence-electron chi connectivity index (χ2n) is 9.79. The van der Waals surface area contributed by atoms with Crippen molar-refractivity contribution in [3.63, 3.8) is 0 Å². The molecule has 0 spiro atoms. The van der Waals surface area contributed by atoms with Crippen LogP contribution in [0.1, 0.15) is 49.3 Å². The lowest BCUT2D eigenvalue weighted by atomic mass is 10.1. The summed E-state index contributed by atoms with van der Waals surface area (Å²) in [5.41, 5.74) is 4.69. The fourth-order valence-electron chi connectivity index (χ4n) is 4.90.